The van der Waals surface area contributed by atoms with Gasteiger partial charge in [0.1, 0.15) is 5.82 Å². The molecule has 0 atom stereocenters. The Hall–Kier alpha value is -3.03. The van der Waals surface area contributed by atoms with Crippen molar-refractivity contribution in [2.75, 3.05) is 18.0 Å². The van der Waals surface area contributed by atoms with Gasteiger partial charge in [-0.05, 0) is 105 Å². The number of hydrogen-bond donors (Lipinski definition) is 0. The van der Waals surface area contributed by atoms with Crippen molar-refractivity contribution in [3.05, 3.63) is 89.2 Å². The van der Waals surface area contributed by atoms with Gasteiger partial charge in [0.2, 0.25) is 16.2 Å². The summed E-state index contributed by atoms with van der Waals surface area (Å²) < 4.78 is 40.3. The Morgan fingerprint density at radius 1 is 0.944 bits per heavy atom. The number of likely N-dealkylation sites (tertiary alicyclic amines) is 1. The van der Waals surface area contributed by atoms with Gasteiger partial charge in [0.25, 0.3) is 0 Å². The summed E-state index contributed by atoms with van der Waals surface area (Å²) in [6.07, 6.45) is 4.53. The number of rotatable bonds is 8. The topological polar surface area (TPSA) is 57.7 Å². The minimum Gasteiger partial charge on any atom is -0.309 e. The van der Waals surface area contributed by atoms with E-state index in [4.69, 9.17) is 0 Å². The Balaban J connectivity index is 1.23. The van der Waals surface area contributed by atoms with E-state index in [2.05, 4.69) is 4.90 Å². The number of nitrogens with zero attached hydrogens (tertiary/aromatic N) is 2. The summed E-state index contributed by atoms with van der Waals surface area (Å²) in [5.41, 5.74) is 3.55. The Morgan fingerprint density at radius 3 is 2.19 bits per heavy atom. The van der Waals surface area contributed by atoms with Crippen molar-refractivity contribution in [3.63, 3.8) is 0 Å². The predicted molar refractivity (Wildman–Crippen MR) is 138 cm³/mol. The normalized spacial score (nSPS) is 17.2. The molecule has 1 saturated carbocycles. The van der Waals surface area contributed by atoms with Gasteiger partial charge >= 0.3 is 0 Å². The number of sulfone groups is 1. The zero-order valence-electron chi connectivity index (χ0n) is 20.4. The predicted octanol–water partition coefficient (Wildman–Crippen LogP) is 5.47. The molecular weight excluding hydrogens is 475 g/mol. The fourth-order valence-electron chi connectivity index (χ4n) is 5.18. The number of hydrogen-bond acceptors (Lipinski definition) is 4. The summed E-state index contributed by atoms with van der Waals surface area (Å²) in [4.78, 5) is 16.1. The summed E-state index contributed by atoms with van der Waals surface area (Å²) in [5.74, 6) is -0.00268. The van der Waals surface area contributed by atoms with E-state index in [1.807, 2.05) is 25.1 Å². The lowest BCUT2D eigenvalue weighted by Gasteiger charge is -2.33. The maximum absolute atomic E-state index is 14.7. The molecule has 1 aliphatic carbocycles. The van der Waals surface area contributed by atoms with Crippen LogP contribution in [0.25, 0.3) is 0 Å². The third-order valence-electron chi connectivity index (χ3n) is 7.39. The molecule has 1 heterocycles. The van der Waals surface area contributed by atoms with Gasteiger partial charge < -0.3 is 4.90 Å². The number of carbonyl (C=O) groups is 1. The van der Waals surface area contributed by atoms with E-state index in [1.165, 1.54) is 0 Å². The highest BCUT2D eigenvalue weighted by atomic mass is 32.2. The van der Waals surface area contributed by atoms with Gasteiger partial charge in [-0.25, -0.2) is 12.8 Å². The lowest BCUT2D eigenvalue weighted by Crippen LogP contribution is -2.33. The minimum atomic E-state index is -3.51. The summed E-state index contributed by atoms with van der Waals surface area (Å²) in [6, 6.07) is 19.2. The highest BCUT2D eigenvalue weighted by molar-refractivity contribution is 7.91. The average Bonchev–Trinajstić information content (AvgIpc) is 3.73. The van der Waals surface area contributed by atoms with Crippen molar-refractivity contribution in [1.29, 1.82) is 0 Å². The second-order valence-corrected chi connectivity index (χ2v) is 11.9. The Morgan fingerprint density at radius 2 is 1.58 bits per heavy atom. The number of benzene rings is 3. The molecule has 36 heavy (non-hydrogen) atoms. The standard InChI is InChI=1S/C29H31FN2O3S/c1-21-17-28(30)29(32(20-33)24-9-10-24)18-27(21)23-13-15-31(16-14-23)19-22-7-11-26(12-8-22)36(34,35)25-5-3-2-4-6-25/h2-8,11-12,17-18,20,23-24H,9-10,13-16,19H2,1H3. The molecule has 1 saturated heterocycles. The molecule has 2 aliphatic rings. The second-order valence-electron chi connectivity index (χ2n) is 9.91. The van der Waals surface area contributed by atoms with Crippen LogP contribution in [0.5, 0.6) is 0 Å². The van der Waals surface area contributed by atoms with E-state index < -0.39 is 9.84 Å². The number of halogens is 1. The first kappa shape index (κ1) is 24.7. The van der Waals surface area contributed by atoms with Gasteiger partial charge in [0.05, 0.1) is 15.5 Å². The molecule has 2 fully saturated rings. The number of anilines is 1. The number of piperidine rings is 1. The maximum atomic E-state index is 14.7. The molecule has 7 heteroatoms. The number of carbonyl (C=O) groups excluding carboxylic acids is 1. The molecule has 0 aromatic heterocycles. The Labute approximate surface area is 212 Å². The fourth-order valence-corrected chi connectivity index (χ4v) is 6.46. The van der Waals surface area contributed by atoms with Crippen molar-refractivity contribution in [3.8, 4) is 0 Å². The molecule has 0 N–H and O–H groups in total. The molecule has 1 amide bonds. The second kappa shape index (κ2) is 10.1. The third-order valence-corrected chi connectivity index (χ3v) is 9.17. The molecule has 1 aliphatic heterocycles. The van der Waals surface area contributed by atoms with Crippen molar-refractivity contribution >= 4 is 21.9 Å². The zero-order chi connectivity index (χ0) is 25.3. The van der Waals surface area contributed by atoms with E-state index in [0.29, 0.717) is 21.4 Å². The molecule has 3 aromatic rings. The first-order valence-corrected chi connectivity index (χ1v) is 14.0. The number of aryl methyl sites for hydroxylation is 1. The monoisotopic (exact) mass is 506 g/mol. The molecule has 5 rings (SSSR count). The highest BCUT2D eigenvalue weighted by Gasteiger charge is 2.32. The van der Waals surface area contributed by atoms with Crippen LogP contribution >= 0.6 is 0 Å². The van der Waals surface area contributed by atoms with Gasteiger partial charge in [-0.15, -0.1) is 0 Å². The molecule has 5 nitrogen and oxygen atoms in total. The lowest BCUT2D eigenvalue weighted by atomic mass is 9.86. The van der Waals surface area contributed by atoms with Crippen LogP contribution < -0.4 is 4.90 Å². The largest absolute Gasteiger partial charge is 0.309 e. The lowest BCUT2D eigenvalue weighted by molar-refractivity contribution is -0.107. The Kier molecular flexibility index (Phi) is 6.95. The van der Waals surface area contributed by atoms with Crippen LogP contribution in [0.1, 0.15) is 48.3 Å². The van der Waals surface area contributed by atoms with Crippen LogP contribution in [0.3, 0.4) is 0 Å². The summed E-state index contributed by atoms with van der Waals surface area (Å²) >= 11 is 0. The summed E-state index contributed by atoms with van der Waals surface area (Å²) in [7, 11) is -3.51. The van der Waals surface area contributed by atoms with Crippen molar-refractivity contribution in [2.45, 2.75) is 60.9 Å². The van der Waals surface area contributed by atoms with Gasteiger partial charge in [-0.2, -0.15) is 0 Å². The van der Waals surface area contributed by atoms with Crippen molar-refractivity contribution < 1.29 is 17.6 Å². The first-order chi connectivity index (χ1) is 17.4. The average molecular weight is 507 g/mol. The maximum Gasteiger partial charge on any atom is 0.214 e. The minimum absolute atomic E-state index is 0.128. The van der Waals surface area contributed by atoms with E-state index in [0.717, 1.165) is 68.4 Å². The molecule has 188 valence electrons. The molecule has 0 radical (unpaired) electrons. The van der Waals surface area contributed by atoms with E-state index in [9.17, 15) is 17.6 Å². The fraction of sp³-hybridized carbons (Fsp3) is 0.345. The Bertz CT molecular complexity index is 1330. The molecule has 0 unspecified atom stereocenters. The SMILES string of the molecule is Cc1cc(F)c(N(C=O)C2CC2)cc1C1CCN(Cc2ccc(S(=O)(=O)c3ccccc3)cc2)CC1. The van der Waals surface area contributed by atoms with E-state index in [1.54, 1.807) is 53.4 Å². The molecular formula is C29H31FN2O3S. The van der Waals surface area contributed by atoms with Crippen molar-refractivity contribution in [2.24, 2.45) is 0 Å². The molecule has 0 bridgehead atoms. The highest BCUT2D eigenvalue weighted by Crippen LogP contribution is 2.37. The van der Waals surface area contributed by atoms with E-state index in [-0.39, 0.29) is 11.9 Å². The van der Waals surface area contributed by atoms with Crippen LogP contribution in [-0.2, 0) is 21.2 Å². The van der Waals surface area contributed by atoms with E-state index >= 15 is 0 Å². The van der Waals surface area contributed by atoms with Gasteiger partial charge in [0.15, 0.2) is 0 Å². The first-order valence-electron chi connectivity index (χ1n) is 12.5. The number of amides is 1. The van der Waals surface area contributed by atoms with Crippen LogP contribution in [0.2, 0.25) is 0 Å². The van der Waals surface area contributed by atoms with Gasteiger partial charge in [-0.3, -0.25) is 9.69 Å². The zero-order valence-corrected chi connectivity index (χ0v) is 21.3. The van der Waals surface area contributed by atoms with Crippen molar-refractivity contribution in [1.82, 2.24) is 4.90 Å². The third kappa shape index (κ3) is 5.08. The van der Waals surface area contributed by atoms with Crippen LogP contribution in [-0.4, -0.2) is 38.9 Å². The van der Waals surface area contributed by atoms with Crippen LogP contribution in [0.15, 0.2) is 76.5 Å². The molecule has 0 spiro atoms. The van der Waals surface area contributed by atoms with Gasteiger partial charge in [-0.1, -0.05) is 30.3 Å². The van der Waals surface area contributed by atoms with Crippen LogP contribution in [0, 0.1) is 12.7 Å². The smallest absolute Gasteiger partial charge is 0.214 e. The molecule has 3 aromatic carbocycles. The van der Waals surface area contributed by atoms with Gasteiger partial charge in [0, 0.05) is 12.6 Å². The summed E-state index contributed by atoms with van der Waals surface area (Å²) in [5, 5.41) is 0. The van der Waals surface area contributed by atoms with Crippen LogP contribution in [0.4, 0.5) is 10.1 Å². The quantitative estimate of drug-likeness (QED) is 0.380. The summed E-state index contributed by atoms with van der Waals surface area (Å²) in [6.45, 7) is 4.51.